The van der Waals surface area contributed by atoms with Gasteiger partial charge in [-0.25, -0.2) is 0 Å². The lowest BCUT2D eigenvalue weighted by atomic mass is 10.1. The average molecular weight is 279 g/mol. The van der Waals surface area contributed by atoms with Gasteiger partial charge in [0.25, 0.3) is 5.69 Å². The van der Waals surface area contributed by atoms with Crippen LogP contribution in [0.5, 0.6) is 11.5 Å². The second kappa shape index (κ2) is 7.96. The van der Waals surface area contributed by atoms with E-state index < -0.39 is 4.92 Å². The maximum atomic E-state index is 11.0. The van der Waals surface area contributed by atoms with Gasteiger partial charge >= 0.3 is 0 Å². The number of benzene rings is 1. The molecule has 0 heterocycles. The molecule has 20 heavy (non-hydrogen) atoms. The van der Waals surface area contributed by atoms with Gasteiger partial charge in [0.1, 0.15) is 0 Å². The number of rotatable bonds is 8. The highest BCUT2D eigenvalue weighted by atomic mass is 16.6. The number of unbranched alkanes of at least 4 members (excludes halogenated alkanes) is 2. The lowest BCUT2D eigenvalue weighted by molar-refractivity contribution is -0.385. The first-order valence-corrected chi connectivity index (χ1v) is 6.19. The van der Waals surface area contributed by atoms with Crippen LogP contribution in [-0.2, 0) is 6.54 Å². The number of ether oxygens (including phenoxy) is 2. The van der Waals surface area contributed by atoms with E-state index in [2.05, 4.69) is 0 Å². The number of hydrogen-bond donors (Lipinski definition) is 1. The van der Waals surface area contributed by atoms with Crippen molar-refractivity contribution in [2.24, 2.45) is 5.73 Å². The minimum atomic E-state index is -0.496. The third kappa shape index (κ3) is 4.10. The minimum absolute atomic E-state index is 0.0507. The number of nitro benzene ring substituents is 1. The molecular weight excluding hydrogens is 262 g/mol. The summed E-state index contributed by atoms with van der Waals surface area (Å²) in [5, 5.41) is 19.4. The van der Waals surface area contributed by atoms with Crippen molar-refractivity contribution in [2.75, 3.05) is 13.7 Å². The number of nitriles is 1. The van der Waals surface area contributed by atoms with Gasteiger partial charge in [-0.05, 0) is 18.9 Å². The number of hydrogen-bond acceptors (Lipinski definition) is 6. The predicted octanol–water partition coefficient (Wildman–Crippen LogP) is 2.13. The molecule has 0 bridgehead atoms. The summed E-state index contributed by atoms with van der Waals surface area (Å²) >= 11 is 0. The molecular formula is C13H17N3O4. The van der Waals surface area contributed by atoms with Crippen molar-refractivity contribution >= 4 is 5.69 Å². The Morgan fingerprint density at radius 3 is 2.70 bits per heavy atom. The predicted molar refractivity (Wildman–Crippen MR) is 72.5 cm³/mol. The van der Waals surface area contributed by atoms with Crippen molar-refractivity contribution in [1.29, 1.82) is 5.26 Å². The molecule has 0 saturated heterocycles. The topological polar surface area (TPSA) is 111 Å². The summed E-state index contributed by atoms with van der Waals surface area (Å²) in [6.07, 6.45) is 1.89. The fourth-order valence-corrected chi connectivity index (χ4v) is 1.69. The van der Waals surface area contributed by atoms with Gasteiger partial charge in [0.15, 0.2) is 11.5 Å². The Hall–Kier alpha value is -2.33. The van der Waals surface area contributed by atoms with Crippen LogP contribution in [0.15, 0.2) is 12.1 Å². The van der Waals surface area contributed by atoms with E-state index in [0.29, 0.717) is 36.5 Å². The molecule has 0 aromatic heterocycles. The highest BCUT2D eigenvalue weighted by Gasteiger charge is 2.18. The fraction of sp³-hybridized carbons (Fsp3) is 0.462. The van der Waals surface area contributed by atoms with Gasteiger partial charge in [0.2, 0.25) is 0 Å². The summed E-state index contributed by atoms with van der Waals surface area (Å²) in [6.45, 7) is 0.423. The molecule has 0 amide bonds. The molecule has 0 radical (unpaired) electrons. The molecule has 0 saturated carbocycles. The molecule has 0 fully saturated rings. The van der Waals surface area contributed by atoms with E-state index in [4.69, 9.17) is 20.5 Å². The Bertz CT molecular complexity index is 511. The number of methoxy groups -OCH3 is 1. The van der Waals surface area contributed by atoms with Crippen LogP contribution in [-0.4, -0.2) is 18.6 Å². The maximum absolute atomic E-state index is 11.0. The molecule has 7 heteroatoms. The fourth-order valence-electron chi connectivity index (χ4n) is 1.69. The zero-order valence-corrected chi connectivity index (χ0v) is 11.3. The summed E-state index contributed by atoms with van der Waals surface area (Å²) in [4.78, 5) is 10.5. The molecule has 0 unspecified atom stereocenters. The van der Waals surface area contributed by atoms with Gasteiger partial charge in [-0.3, -0.25) is 10.1 Å². The Morgan fingerprint density at radius 2 is 2.15 bits per heavy atom. The van der Waals surface area contributed by atoms with E-state index in [-0.39, 0.29) is 12.2 Å². The normalized spacial score (nSPS) is 9.85. The van der Waals surface area contributed by atoms with E-state index >= 15 is 0 Å². The number of nitrogens with two attached hydrogens (primary N) is 1. The van der Waals surface area contributed by atoms with E-state index in [9.17, 15) is 10.1 Å². The van der Waals surface area contributed by atoms with E-state index in [0.717, 1.165) is 6.42 Å². The molecule has 0 atom stereocenters. The first-order valence-electron chi connectivity index (χ1n) is 6.19. The van der Waals surface area contributed by atoms with Crippen LogP contribution in [0.2, 0.25) is 0 Å². The van der Waals surface area contributed by atoms with E-state index in [1.54, 1.807) is 0 Å². The van der Waals surface area contributed by atoms with Gasteiger partial charge in [0, 0.05) is 18.5 Å². The van der Waals surface area contributed by atoms with Crippen molar-refractivity contribution < 1.29 is 14.4 Å². The lowest BCUT2D eigenvalue weighted by Crippen LogP contribution is -2.05. The Labute approximate surface area is 117 Å². The molecule has 0 spiro atoms. The maximum Gasteiger partial charge on any atom is 0.277 e. The molecule has 2 N–H and O–H groups in total. The van der Waals surface area contributed by atoms with Crippen LogP contribution in [0.4, 0.5) is 5.69 Å². The standard InChI is InChI=1S/C13H17N3O4/c1-19-12-7-10(9-15)11(16(17)18)8-13(12)20-6-4-2-3-5-14/h7-8H,2-4,6,9,15H2,1H3. The second-order valence-corrected chi connectivity index (χ2v) is 4.06. The van der Waals surface area contributed by atoms with Gasteiger partial charge < -0.3 is 15.2 Å². The van der Waals surface area contributed by atoms with Crippen molar-refractivity contribution in [3.63, 3.8) is 0 Å². The minimum Gasteiger partial charge on any atom is -0.493 e. The smallest absolute Gasteiger partial charge is 0.277 e. The average Bonchev–Trinajstić information content (AvgIpc) is 2.46. The van der Waals surface area contributed by atoms with E-state index in [1.165, 1.54) is 19.2 Å². The first-order chi connectivity index (χ1) is 9.63. The summed E-state index contributed by atoms with van der Waals surface area (Å²) < 4.78 is 10.6. The Morgan fingerprint density at radius 1 is 1.40 bits per heavy atom. The van der Waals surface area contributed by atoms with Crippen molar-refractivity contribution in [2.45, 2.75) is 25.8 Å². The molecule has 108 valence electrons. The van der Waals surface area contributed by atoms with Gasteiger partial charge in [-0.15, -0.1) is 0 Å². The zero-order valence-electron chi connectivity index (χ0n) is 11.3. The quantitative estimate of drug-likeness (QED) is 0.443. The van der Waals surface area contributed by atoms with Crippen molar-refractivity contribution in [3.05, 3.63) is 27.8 Å². The van der Waals surface area contributed by atoms with Crippen LogP contribution < -0.4 is 15.2 Å². The number of nitrogens with zero attached hydrogens (tertiary/aromatic N) is 2. The Balaban J connectivity index is 2.85. The lowest BCUT2D eigenvalue weighted by Gasteiger charge is -2.12. The summed E-state index contributed by atoms with van der Waals surface area (Å²) in [6, 6.07) is 4.89. The summed E-state index contributed by atoms with van der Waals surface area (Å²) in [7, 11) is 1.46. The van der Waals surface area contributed by atoms with Crippen molar-refractivity contribution in [3.8, 4) is 17.6 Å². The highest BCUT2D eigenvalue weighted by Crippen LogP contribution is 2.34. The highest BCUT2D eigenvalue weighted by molar-refractivity contribution is 5.54. The zero-order chi connectivity index (χ0) is 15.0. The van der Waals surface area contributed by atoms with Gasteiger partial charge in [0.05, 0.1) is 30.8 Å². The van der Waals surface area contributed by atoms with Gasteiger partial charge in [-0.2, -0.15) is 5.26 Å². The molecule has 0 aliphatic heterocycles. The molecule has 0 aliphatic rings. The van der Waals surface area contributed by atoms with Crippen LogP contribution in [0.1, 0.15) is 24.8 Å². The molecule has 7 nitrogen and oxygen atoms in total. The largest absolute Gasteiger partial charge is 0.493 e. The second-order valence-electron chi connectivity index (χ2n) is 4.06. The summed E-state index contributed by atoms with van der Waals surface area (Å²) in [5.74, 6) is 0.727. The molecule has 1 rings (SSSR count). The van der Waals surface area contributed by atoms with Crippen molar-refractivity contribution in [1.82, 2.24) is 0 Å². The van der Waals surface area contributed by atoms with Crippen LogP contribution in [0.3, 0.4) is 0 Å². The SMILES string of the molecule is COc1cc(CN)c([N+](=O)[O-])cc1OCCCCC#N. The molecule has 1 aromatic carbocycles. The summed E-state index contributed by atoms with van der Waals surface area (Å²) in [5.41, 5.74) is 5.79. The van der Waals surface area contributed by atoms with Crippen LogP contribution >= 0.6 is 0 Å². The molecule has 0 aliphatic carbocycles. The molecule has 1 aromatic rings. The third-order valence-electron chi connectivity index (χ3n) is 2.72. The number of nitro groups is 1. The first kappa shape index (κ1) is 15.7. The van der Waals surface area contributed by atoms with E-state index in [1.807, 2.05) is 6.07 Å². The Kier molecular flexibility index (Phi) is 6.26. The van der Waals surface area contributed by atoms with Crippen LogP contribution in [0.25, 0.3) is 0 Å². The van der Waals surface area contributed by atoms with Gasteiger partial charge in [-0.1, -0.05) is 0 Å². The monoisotopic (exact) mass is 279 g/mol. The third-order valence-corrected chi connectivity index (χ3v) is 2.72. The van der Waals surface area contributed by atoms with Crippen LogP contribution in [0, 0.1) is 21.4 Å².